The Labute approximate surface area is 494 Å². The van der Waals surface area contributed by atoms with Crippen LogP contribution in [0.4, 0.5) is 0 Å². The number of ether oxygens (including phenoxy) is 3. The Morgan fingerprint density at radius 2 is 0.512 bits per heavy atom. The molecule has 80 heavy (non-hydrogen) atoms. The number of hydrogen-bond donors (Lipinski definition) is 0. The lowest BCUT2D eigenvalue weighted by Gasteiger charge is -2.18. The molecule has 0 N–H and O–H groups in total. The highest BCUT2D eigenvalue weighted by Gasteiger charge is 2.19. The van der Waals surface area contributed by atoms with E-state index < -0.39 is 6.10 Å². The normalized spacial score (nSPS) is 12.9. The fourth-order valence-electron chi connectivity index (χ4n) is 9.29. The molecule has 1 unspecified atom stereocenters. The monoisotopic (exact) mass is 1110 g/mol. The van der Waals surface area contributed by atoms with Crippen molar-refractivity contribution in [3.8, 4) is 0 Å². The fourth-order valence-corrected chi connectivity index (χ4v) is 9.29. The first-order valence-electron chi connectivity index (χ1n) is 33.5. The van der Waals surface area contributed by atoms with Crippen LogP contribution in [0.5, 0.6) is 0 Å². The summed E-state index contributed by atoms with van der Waals surface area (Å²) in [5, 5.41) is 0. The highest BCUT2D eigenvalue weighted by atomic mass is 16.6. The van der Waals surface area contributed by atoms with E-state index in [2.05, 4.69) is 136 Å². The second kappa shape index (κ2) is 67.3. The lowest BCUT2D eigenvalue weighted by molar-refractivity contribution is -0.166. The molecule has 1 atom stereocenters. The molecular weight excluding hydrogens is 985 g/mol. The summed E-state index contributed by atoms with van der Waals surface area (Å²) in [6.07, 6.45) is 93.7. The number of esters is 3. The fraction of sp³-hybridized carbons (Fsp3) is 0.689. The third-order valence-electron chi connectivity index (χ3n) is 14.2. The molecule has 6 heteroatoms. The zero-order chi connectivity index (χ0) is 57.8. The maximum Gasteiger partial charge on any atom is 0.306 e. The van der Waals surface area contributed by atoms with Crippen LogP contribution in [-0.4, -0.2) is 37.2 Å². The van der Waals surface area contributed by atoms with Gasteiger partial charge in [-0.15, -0.1) is 0 Å². The molecule has 456 valence electrons. The average Bonchev–Trinajstić information content (AvgIpc) is 3.46. The zero-order valence-electron chi connectivity index (χ0n) is 52.3. The molecule has 0 spiro atoms. The Morgan fingerprint density at radius 1 is 0.263 bits per heavy atom. The van der Waals surface area contributed by atoms with Crippen molar-refractivity contribution < 1.29 is 28.6 Å². The van der Waals surface area contributed by atoms with E-state index in [-0.39, 0.29) is 37.5 Å². The van der Waals surface area contributed by atoms with Crippen molar-refractivity contribution in [2.75, 3.05) is 13.2 Å². The van der Waals surface area contributed by atoms with E-state index in [1.54, 1.807) is 0 Å². The first-order valence-corrected chi connectivity index (χ1v) is 33.5. The SMILES string of the molecule is CC/C=C\C/C=C\C/C=C\C/C=C\C/C=C\C/C=C\CCC(=O)OCC(COC(=O)CCCCCCCCCCCCCCCCCCCCCCCC)OC(=O)CCCCCCCCCC/C=C\C/C=C\C/C=C\C/C=C\CC. The summed E-state index contributed by atoms with van der Waals surface area (Å²) in [4.78, 5) is 38.4. The van der Waals surface area contributed by atoms with Crippen LogP contribution in [0.2, 0.25) is 0 Å². The second-order valence-electron chi connectivity index (χ2n) is 22.0. The standard InChI is InChI=1S/C74H124O6/c1-4-7-10-13-16-19-22-25-28-31-34-36-38-40-43-46-49-52-55-58-61-64-67-73(76)79-70-71(69-78-72(75)66-63-60-57-54-51-48-45-42-39-33-30-27-24-21-18-15-12-9-6-3)80-74(77)68-65-62-59-56-53-50-47-44-41-37-35-32-29-26-23-20-17-14-11-8-5-2/h8-9,11-12,17-18,20-21,26-27,29-30,35,37,39,42,48,51,57,60,71H,4-7,10,13-16,19,22-25,28,31-34,36,38,40-41,43-47,49-50,52-56,58-59,61-70H2,1-3H3/b11-8-,12-9-,20-17-,21-18-,29-26-,30-27-,37-35-,42-39-,51-48-,60-57-. The Morgan fingerprint density at radius 3 is 0.838 bits per heavy atom. The van der Waals surface area contributed by atoms with Gasteiger partial charge in [-0.3, -0.25) is 14.4 Å². The Balaban J connectivity index is 4.47. The van der Waals surface area contributed by atoms with Gasteiger partial charge in [0.15, 0.2) is 6.10 Å². The van der Waals surface area contributed by atoms with Gasteiger partial charge in [-0.2, -0.15) is 0 Å². The Kier molecular flexibility index (Phi) is 63.8. The molecule has 0 saturated heterocycles. The lowest BCUT2D eigenvalue weighted by Crippen LogP contribution is -2.30. The highest BCUT2D eigenvalue weighted by Crippen LogP contribution is 2.17. The van der Waals surface area contributed by atoms with Crippen molar-refractivity contribution in [2.45, 2.75) is 316 Å². The molecule has 0 aliphatic heterocycles. The van der Waals surface area contributed by atoms with Crippen LogP contribution in [0.25, 0.3) is 0 Å². The predicted octanol–water partition coefficient (Wildman–Crippen LogP) is 23.2. The smallest absolute Gasteiger partial charge is 0.306 e. The number of carbonyl (C=O) groups excluding carboxylic acids is 3. The largest absolute Gasteiger partial charge is 0.462 e. The van der Waals surface area contributed by atoms with E-state index in [4.69, 9.17) is 14.2 Å². The summed E-state index contributed by atoms with van der Waals surface area (Å²) in [5.74, 6) is -0.991. The van der Waals surface area contributed by atoms with Crippen LogP contribution in [-0.2, 0) is 28.6 Å². The third-order valence-corrected chi connectivity index (χ3v) is 14.2. The van der Waals surface area contributed by atoms with E-state index in [1.807, 2.05) is 6.08 Å². The minimum Gasteiger partial charge on any atom is -0.462 e. The van der Waals surface area contributed by atoms with Crippen molar-refractivity contribution in [1.29, 1.82) is 0 Å². The van der Waals surface area contributed by atoms with Crippen LogP contribution in [0, 0.1) is 0 Å². The molecule has 0 aromatic carbocycles. The summed E-state index contributed by atoms with van der Waals surface area (Å²) in [6.45, 7) is 6.38. The van der Waals surface area contributed by atoms with Crippen molar-refractivity contribution in [3.63, 3.8) is 0 Å². The molecule has 0 heterocycles. The molecule has 0 amide bonds. The van der Waals surface area contributed by atoms with Gasteiger partial charge in [0, 0.05) is 19.3 Å². The van der Waals surface area contributed by atoms with Crippen molar-refractivity contribution in [1.82, 2.24) is 0 Å². The number of rotatable bonds is 60. The molecule has 0 rings (SSSR count). The Bertz CT molecular complexity index is 1650. The van der Waals surface area contributed by atoms with Gasteiger partial charge in [0.05, 0.1) is 0 Å². The van der Waals surface area contributed by atoms with E-state index >= 15 is 0 Å². The molecule has 0 aromatic heterocycles. The maximum absolute atomic E-state index is 12.9. The van der Waals surface area contributed by atoms with Gasteiger partial charge >= 0.3 is 17.9 Å². The summed E-state index contributed by atoms with van der Waals surface area (Å²) < 4.78 is 16.9. The second-order valence-corrected chi connectivity index (χ2v) is 22.0. The van der Waals surface area contributed by atoms with Crippen LogP contribution in [0.1, 0.15) is 310 Å². The minimum absolute atomic E-state index is 0.105. The summed E-state index contributed by atoms with van der Waals surface area (Å²) >= 11 is 0. The van der Waals surface area contributed by atoms with Gasteiger partial charge in [0.2, 0.25) is 0 Å². The molecule has 0 aromatic rings. The predicted molar refractivity (Wildman–Crippen MR) is 348 cm³/mol. The molecule has 6 nitrogen and oxygen atoms in total. The Hall–Kier alpha value is -4.19. The van der Waals surface area contributed by atoms with Crippen LogP contribution < -0.4 is 0 Å². The van der Waals surface area contributed by atoms with Crippen molar-refractivity contribution >= 4 is 17.9 Å². The van der Waals surface area contributed by atoms with Crippen LogP contribution >= 0.6 is 0 Å². The quantitative estimate of drug-likeness (QED) is 0.0261. The number of hydrogen-bond acceptors (Lipinski definition) is 6. The van der Waals surface area contributed by atoms with Gasteiger partial charge in [0.25, 0.3) is 0 Å². The van der Waals surface area contributed by atoms with Gasteiger partial charge in [-0.05, 0) is 96.3 Å². The molecular formula is C74H124O6. The number of unbranched alkanes of at least 4 members (excludes halogenated alkanes) is 29. The summed E-state index contributed by atoms with van der Waals surface area (Å²) in [6, 6.07) is 0. The van der Waals surface area contributed by atoms with E-state index in [0.29, 0.717) is 19.3 Å². The van der Waals surface area contributed by atoms with E-state index in [1.165, 1.54) is 154 Å². The molecule has 0 aliphatic carbocycles. The number of carbonyl (C=O) groups is 3. The molecule has 0 fully saturated rings. The minimum atomic E-state index is -0.817. The van der Waals surface area contributed by atoms with Crippen LogP contribution in [0.3, 0.4) is 0 Å². The number of allylic oxidation sites excluding steroid dienone is 20. The molecule has 0 aliphatic rings. The first-order chi connectivity index (χ1) is 39.5. The lowest BCUT2D eigenvalue weighted by atomic mass is 10.0. The first kappa shape index (κ1) is 75.8. The van der Waals surface area contributed by atoms with E-state index in [9.17, 15) is 14.4 Å². The summed E-state index contributed by atoms with van der Waals surface area (Å²) in [5.41, 5.74) is 0. The van der Waals surface area contributed by atoms with Gasteiger partial charge in [-0.1, -0.05) is 316 Å². The van der Waals surface area contributed by atoms with E-state index in [0.717, 1.165) is 109 Å². The van der Waals surface area contributed by atoms with Gasteiger partial charge < -0.3 is 14.2 Å². The zero-order valence-corrected chi connectivity index (χ0v) is 52.3. The molecule has 0 radical (unpaired) electrons. The summed E-state index contributed by atoms with van der Waals surface area (Å²) in [7, 11) is 0. The van der Waals surface area contributed by atoms with Crippen LogP contribution in [0.15, 0.2) is 122 Å². The van der Waals surface area contributed by atoms with Gasteiger partial charge in [0.1, 0.15) is 13.2 Å². The maximum atomic E-state index is 12.9. The average molecular weight is 1110 g/mol. The van der Waals surface area contributed by atoms with Crippen molar-refractivity contribution in [2.24, 2.45) is 0 Å². The third kappa shape index (κ3) is 64.6. The van der Waals surface area contributed by atoms with Crippen molar-refractivity contribution in [3.05, 3.63) is 122 Å². The van der Waals surface area contributed by atoms with Gasteiger partial charge in [-0.25, -0.2) is 0 Å². The molecule has 0 saturated carbocycles. The topological polar surface area (TPSA) is 78.9 Å². The molecule has 0 bridgehead atoms. The highest BCUT2D eigenvalue weighted by molar-refractivity contribution is 5.71.